The molecule has 1 aromatic carbocycles. The zero-order valence-corrected chi connectivity index (χ0v) is 18.7. The van der Waals surface area contributed by atoms with E-state index in [0.29, 0.717) is 31.7 Å². The summed E-state index contributed by atoms with van der Waals surface area (Å²) in [5.74, 6) is 0.652. The summed E-state index contributed by atoms with van der Waals surface area (Å²) in [6, 6.07) is 13.7. The molecule has 0 aliphatic carbocycles. The average Bonchev–Trinajstić information content (AvgIpc) is 2.84. The minimum atomic E-state index is -3.52. The highest BCUT2D eigenvalue weighted by Crippen LogP contribution is 2.20. The van der Waals surface area contributed by atoms with Gasteiger partial charge < -0.3 is 9.80 Å². The topological polar surface area (TPSA) is 99.6 Å². The van der Waals surface area contributed by atoms with Gasteiger partial charge in [0.15, 0.2) is 5.82 Å². The van der Waals surface area contributed by atoms with Crippen molar-refractivity contribution in [2.24, 2.45) is 0 Å². The molecule has 1 saturated heterocycles. The van der Waals surface area contributed by atoms with Crippen LogP contribution in [-0.4, -0.2) is 79.0 Å². The number of aromatic nitrogens is 3. The SMILES string of the molecule is CN(C)S(=O)(=O)c1ccc(C(=O)N2CCN(c3ccc(-c4cccnc4)nn3)CC2)cc1. The van der Waals surface area contributed by atoms with Gasteiger partial charge in [0.05, 0.1) is 10.6 Å². The summed E-state index contributed by atoms with van der Waals surface area (Å²) in [7, 11) is -0.564. The normalized spacial score (nSPS) is 14.6. The van der Waals surface area contributed by atoms with E-state index < -0.39 is 10.0 Å². The molecule has 10 heteroatoms. The molecule has 32 heavy (non-hydrogen) atoms. The molecule has 1 aliphatic heterocycles. The molecule has 0 bridgehead atoms. The lowest BCUT2D eigenvalue weighted by molar-refractivity contribution is 0.0746. The van der Waals surface area contributed by atoms with Crippen molar-refractivity contribution in [2.75, 3.05) is 45.2 Å². The molecule has 1 aliphatic rings. The number of rotatable bonds is 5. The first kappa shape index (κ1) is 21.8. The van der Waals surface area contributed by atoms with Gasteiger partial charge in [0, 0.05) is 63.8 Å². The molecule has 1 amide bonds. The van der Waals surface area contributed by atoms with Crippen LogP contribution in [0.3, 0.4) is 0 Å². The maximum Gasteiger partial charge on any atom is 0.253 e. The summed E-state index contributed by atoms with van der Waals surface area (Å²) in [5.41, 5.74) is 2.14. The standard InChI is InChI=1S/C22H24N6O3S/c1-26(2)32(30,31)19-7-5-17(6-8-19)22(29)28-14-12-27(13-15-28)21-10-9-20(24-25-21)18-4-3-11-23-16-18/h3-11,16H,12-15H2,1-2H3. The number of nitrogens with zero attached hydrogens (tertiary/aromatic N) is 6. The van der Waals surface area contributed by atoms with Crippen molar-refractivity contribution in [3.05, 3.63) is 66.5 Å². The predicted molar refractivity (Wildman–Crippen MR) is 121 cm³/mol. The third-order valence-corrected chi connectivity index (χ3v) is 7.21. The van der Waals surface area contributed by atoms with Gasteiger partial charge in [-0.25, -0.2) is 12.7 Å². The maximum atomic E-state index is 12.9. The molecular formula is C22H24N6O3S. The lowest BCUT2D eigenvalue weighted by Gasteiger charge is -2.35. The van der Waals surface area contributed by atoms with E-state index in [4.69, 9.17) is 0 Å². The van der Waals surface area contributed by atoms with Crippen LogP contribution in [0, 0.1) is 0 Å². The minimum absolute atomic E-state index is 0.114. The van der Waals surface area contributed by atoms with Crippen LogP contribution in [0.15, 0.2) is 65.8 Å². The molecule has 0 unspecified atom stereocenters. The van der Waals surface area contributed by atoms with E-state index in [-0.39, 0.29) is 10.8 Å². The van der Waals surface area contributed by atoms with Gasteiger partial charge in [-0.15, -0.1) is 10.2 Å². The number of carbonyl (C=O) groups excluding carboxylic acids is 1. The number of sulfonamides is 1. The van der Waals surface area contributed by atoms with E-state index in [2.05, 4.69) is 20.1 Å². The number of carbonyl (C=O) groups is 1. The van der Waals surface area contributed by atoms with Gasteiger partial charge in [0.2, 0.25) is 10.0 Å². The molecule has 0 radical (unpaired) electrons. The summed E-state index contributed by atoms with van der Waals surface area (Å²) < 4.78 is 25.5. The Morgan fingerprint density at radius 2 is 1.66 bits per heavy atom. The maximum absolute atomic E-state index is 12.9. The zero-order valence-electron chi connectivity index (χ0n) is 17.9. The Labute approximate surface area is 187 Å². The van der Waals surface area contributed by atoms with E-state index in [9.17, 15) is 13.2 Å². The van der Waals surface area contributed by atoms with Crippen LogP contribution >= 0.6 is 0 Å². The number of amides is 1. The second-order valence-electron chi connectivity index (χ2n) is 7.61. The van der Waals surface area contributed by atoms with Gasteiger partial charge in [-0.05, 0) is 48.5 Å². The Hall–Kier alpha value is -3.37. The van der Waals surface area contributed by atoms with E-state index in [1.54, 1.807) is 29.4 Å². The van der Waals surface area contributed by atoms with Crippen LogP contribution in [0.1, 0.15) is 10.4 Å². The van der Waals surface area contributed by atoms with E-state index >= 15 is 0 Å². The smallest absolute Gasteiger partial charge is 0.253 e. The fourth-order valence-corrected chi connectivity index (χ4v) is 4.37. The second kappa shape index (κ2) is 9.01. The van der Waals surface area contributed by atoms with Gasteiger partial charge in [-0.2, -0.15) is 0 Å². The lowest BCUT2D eigenvalue weighted by Crippen LogP contribution is -2.49. The highest BCUT2D eigenvalue weighted by atomic mass is 32.2. The summed E-state index contributed by atoms with van der Waals surface area (Å²) >= 11 is 0. The number of anilines is 1. The zero-order chi connectivity index (χ0) is 22.7. The number of hydrogen-bond donors (Lipinski definition) is 0. The van der Waals surface area contributed by atoms with Crippen molar-refractivity contribution < 1.29 is 13.2 Å². The average molecular weight is 453 g/mol. The highest BCUT2D eigenvalue weighted by molar-refractivity contribution is 7.89. The fourth-order valence-electron chi connectivity index (χ4n) is 3.46. The highest BCUT2D eigenvalue weighted by Gasteiger charge is 2.24. The van der Waals surface area contributed by atoms with E-state index in [0.717, 1.165) is 21.4 Å². The van der Waals surface area contributed by atoms with Crippen LogP contribution in [0.2, 0.25) is 0 Å². The van der Waals surface area contributed by atoms with Gasteiger partial charge in [-0.3, -0.25) is 9.78 Å². The van der Waals surface area contributed by atoms with E-state index in [1.165, 1.54) is 26.2 Å². The first-order chi connectivity index (χ1) is 15.4. The quantitative estimate of drug-likeness (QED) is 0.581. The van der Waals surface area contributed by atoms with Gasteiger partial charge in [0.25, 0.3) is 5.91 Å². The van der Waals surface area contributed by atoms with Crippen molar-refractivity contribution in [1.29, 1.82) is 0 Å². The summed E-state index contributed by atoms with van der Waals surface area (Å²) in [5, 5.41) is 8.64. The molecule has 9 nitrogen and oxygen atoms in total. The van der Waals surface area contributed by atoms with Crippen molar-refractivity contribution >= 4 is 21.7 Å². The molecule has 0 saturated carbocycles. The Bertz CT molecular complexity index is 1170. The molecule has 0 N–H and O–H groups in total. The van der Waals surface area contributed by atoms with Crippen molar-refractivity contribution in [1.82, 2.24) is 24.4 Å². The van der Waals surface area contributed by atoms with Crippen LogP contribution in [0.25, 0.3) is 11.3 Å². The summed E-state index contributed by atoms with van der Waals surface area (Å²) in [6.45, 7) is 2.37. The van der Waals surface area contributed by atoms with Crippen molar-refractivity contribution in [3.63, 3.8) is 0 Å². The van der Waals surface area contributed by atoms with E-state index in [1.807, 2.05) is 24.3 Å². The van der Waals surface area contributed by atoms with Crippen molar-refractivity contribution in [2.45, 2.75) is 4.90 Å². The third kappa shape index (κ3) is 4.46. The molecule has 2 aromatic heterocycles. The lowest BCUT2D eigenvalue weighted by atomic mass is 10.2. The number of piperazine rings is 1. The number of pyridine rings is 1. The Morgan fingerprint density at radius 1 is 0.938 bits per heavy atom. The molecule has 3 aromatic rings. The first-order valence-corrected chi connectivity index (χ1v) is 11.6. The molecule has 0 spiro atoms. The van der Waals surface area contributed by atoms with Crippen molar-refractivity contribution in [3.8, 4) is 11.3 Å². The van der Waals surface area contributed by atoms with Gasteiger partial charge in [-0.1, -0.05) is 0 Å². The summed E-state index contributed by atoms with van der Waals surface area (Å²) in [4.78, 5) is 21.0. The number of hydrogen-bond acceptors (Lipinski definition) is 7. The fraction of sp³-hybridized carbons (Fsp3) is 0.273. The minimum Gasteiger partial charge on any atom is -0.352 e. The van der Waals surface area contributed by atoms with Crippen LogP contribution in [0.5, 0.6) is 0 Å². The van der Waals surface area contributed by atoms with Crippen LogP contribution in [0.4, 0.5) is 5.82 Å². The Kier molecular flexibility index (Phi) is 6.15. The predicted octanol–water partition coefficient (Wildman–Crippen LogP) is 1.75. The molecule has 3 heterocycles. The summed E-state index contributed by atoms with van der Waals surface area (Å²) in [6.07, 6.45) is 3.46. The second-order valence-corrected chi connectivity index (χ2v) is 9.76. The van der Waals surface area contributed by atoms with Crippen LogP contribution < -0.4 is 4.90 Å². The largest absolute Gasteiger partial charge is 0.352 e. The van der Waals surface area contributed by atoms with Crippen LogP contribution in [-0.2, 0) is 10.0 Å². The molecule has 4 rings (SSSR count). The third-order valence-electron chi connectivity index (χ3n) is 5.38. The monoisotopic (exact) mass is 452 g/mol. The molecule has 0 atom stereocenters. The number of benzene rings is 1. The Balaban J connectivity index is 1.38. The molecule has 166 valence electrons. The first-order valence-electron chi connectivity index (χ1n) is 10.2. The Morgan fingerprint density at radius 3 is 2.22 bits per heavy atom. The molecule has 1 fully saturated rings. The molecular weight excluding hydrogens is 428 g/mol. The van der Waals surface area contributed by atoms with Gasteiger partial charge >= 0.3 is 0 Å². The van der Waals surface area contributed by atoms with Gasteiger partial charge in [0.1, 0.15) is 0 Å².